The maximum atomic E-state index is 4.42. The molecule has 3 heteroatoms. The fraction of sp³-hybridized carbons (Fsp3) is 0.818. The quantitative estimate of drug-likeness (QED) is 0.145. The molecule has 1 nitrogen and oxygen atoms in total. The summed E-state index contributed by atoms with van der Waals surface area (Å²) in [6.07, 6.45) is 14.2. The third kappa shape index (κ3) is 13.8. The molecule has 0 unspecified atom stereocenters. The highest BCUT2D eigenvalue weighted by Crippen LogP contribution is 2.32. The largest absolute Gasteiger partial charge is 0.309 e. The number of thioether (sulfide) groups is 1. The molecule has 0 bridgehead atoms. The van der Waals surface area contributed by atoms with E-state index in [0.29, 0.717) is 0 Å². The molecule has 0 aliphatic rings. The van der Waals surface area contributed by atoms with Gasteiger partial charge in [0.2, 0.25) is 0 Å². The summed E-state index contributed by atoms with van der Waals surface area (Å²) < 4.78 is 0. The van der Waals surface area contributed by atoms with Gasteiger partial charge in [-0.15, -0.1) is 11.8 Å². The van der Waals surface area contributed by atoms with E-state index in [0.717, 1.165) is 12.3 Å². The molecule has 0 amide bonds. The van der Waals surface area contributed by atoms with Crippen molar-refractivity contribution in [2.75, 3.05) is 26.4 Å². The van der Waals surface area contributed by atoms with Gasteiger partial charge in [0.05, 0.1) is 8.07 Å². The molecule has 0 N–H and O–H groups in total. The van der Waals surface area contributed by atoms with Crippen LogP contribution in [-0.4, -0.2) is 39.4 Å². The molecular weight excluding hydrogens is 338 g/mol. The monoisotopic (exact) mass is 383 g/mol. The number of rotatable bonds is 17. The second kappa shape index (κ2) is 15.1. The Hall–Kier alpha value is 0.00688. The number of nitrogens with zero attached hydrogens (tertiary/aromatic N) is 1. The molecule has 0 aromatic carbocycles. The molecule has 148 valence electrons. The Morgan fingerprint density at radius 2 is 1.32 bits per heavy atom. The van der Waals surface area contributed by atoms with Gasteiger partial charge in [0, 0.05) is 12.3 Å². The van der Waals surface area contributed by atoms with Crippen molar-refractivity contribution < 1.29 is 0 Å². The number of allylic oxidation sites excluding steroid dienone is 1. The van der Waals surface area contributed by atoms with Crippen LogP contribution in [-0.2, 0) is 0 Å². The molecule has 0 radical (unpaired) electrons. The van der Waals surface area contributed by atoms with Crippen LogP contribution in [0, 0.1) is 0 Å². The summed E-state index contributed by atoms with van der Waals surface area (Å²) in [7, 11) is 2.89. The van der Waals surface area contributed by atoms with Crippen LogP contribution in [0.1, 0.15) is 71.1 Å². The lowest BCUT2D eigenvalue weighted by atomic mass is 10.1. The van der Waals surface area contributed by atoms with Crippen LogP contribution in [0.25, 0.3) is 0 Å². The van der Waals surface area contributed by atoms with E-state index in [4.69, 9.17) is 0 Å². The Balaban J connectivity index is 3.77. The van der Waals surface area contributed by atoms with Crippen LogP contribution in [0.4, 0.5) is 0 Å². The minimum atomic E-state index is -1.37. The molecule has 0 heterocycles. The van der Waals surface area contributed by atoms with Crippen LogP contribution in [0.2, 0.25) is 19.1 Å². The van der Waals surface area contributed by atoms with E-state index in [1.807, 2.05) is 11.8 Å². The molecule has 0 spiro atoms. The van der Waals surface area contributed by atoms with Crippen molar-refractivity contribution >= 4 is 19.8 Å². The lowest BCUT2D eigenvalue weighted by Crippen LogP contribution is -2.28. The van der Waals surface area contributed by atoms with Gasteiger partial charge in [-0.25, -0.2) is 0 Å². The van der Waals surface area contributed by atoms with Gasteiger partial charge in [-0.1, -0.05) is 109 Å². The molecule has 0 rings (SSSR count). The van der Waals surface area contributed by atoms with E-state index in [9.17, 15) is 0 Å². The van der Waals surface area contributed by atoms with Crippen molar-refractivity contribution in [1.82, 2.24) is 4.90 Å². The summed E-state index contributed by atoms with van der Waals surface area (Å²) >= 11 is 1.90. The summed E-state index contributed by atoms with van der Waals surface area (Å²) in [5.41, 5.74) is 0. The number of unbranched alkanes of at least 4 members (excludes halogenated alkanes) is 9. The average Bonchev–Trinajstić information content (AvgIpc) is 2.55. The molecule has 0 aromatic heterocycles. The lowest BCUT2D eigenvalue weighted by Gasteiger charge is -2.26. The Bertz CT molecular complexity index is 363. The Kier molecular flexibility index (Phi) is 15.1. The van der Waals surface area contributed by atoms with Crippen LogP contribution < -0.4 is 0 Å². The lowest BCUT2D eigenvalue weighted by molar-refractivity contribution is 0.437. The van der Waals surface area contributed by atoms with Crippen LogP contribution in [0.5, 0.6) is 0 Å². The molecule has 0 fully saturated rings. The van der Waals surface area contributed by atoms with E-state index in [2.05, 4.69) is 52.2 Å². The van der Waals surface area contributed by atoms with Gasteiger partial charge in [-0.2, -0.15) is 0 Å². The van der Waals surface area contributed by atoms with Crippen LogP contribution >= 0.6 is 11.8 Å². The molecule has 0 aromatic rings. The van der Waals surface area contributed by atoms with Gasteiger partial charge in [-0.3, -0.25) is 0 Å². The summed E-state index contributed by atoms with van der Waals surface area (Å²) in [5.74, 6) is 1.12. The van der Waals surface area contributed by atoms with Crippen molar-refractivity contribution in [2.45, 2.75) is 90.3 Å². The van der Waals surface area contributed by atoms with E-state index in [-0.39, 0.29) is 0 Å². The molecule has 0 atom stereocenters. The first kappa shape index (κ1) is 25.0. The molecular formula is C22H45NSSi. The summed E-state index contributed by atoms with van der Waals surface area (Å²) in [4.78, 5) is 3.47. The maximum Gasteiger partial charge on any atom is 0.0812 e. The highest BCUT2D eigenvalue weighted by molar-refractivity contribution is 8.03. The zero-order valence-corrected chi connectivity index (χ0v) is 19.8. The first-order valence-electron chi connectivity index (χ1n) is 10.5. The molecule has 25 heavy (non-hydrogen) atoms. The SMILES string of the molecule is C=C(SCCN(C)C)C(=C)[Si](C)(C)CCCCCCCCCCCC. The maximum absolute atomic E-state index is 4.42. The standard InChI is InChI=1S/C22H45NSSi/c1-8-9-10-11-12-13-14-15-16-17-20-25(6,7)22(3)21(2)24-19-18-23(4)5/h2-3,8-20H2,1,4-7H3. The van der Waals surface area contributed by atoms with Gasteiger partial charge in [0.25, 0.3) is 0 Å². The Morgan fingerprint density at radius 1 is 0.840 bits per heavy atom. The minimum Gasteiger partial charge on any atom is -0.309 e. The highest BCUT2D eigenvalue weighted by atomic mass is 32.2. The molecule has 0 saturated heterocycles. The predicted octanol–water partition coefficient (Wildman–Crippen LogP) is 7.52. The van der Waals surface area contributed by atoms with Crippen LogP contribution in [0.15, 0.2) is 23.3 Å². The zero-order chi connectivity index (χ0) is 19.1. The van der Waals surface area contributed by atoms with Gasteiger partial charge in [-0.05, 0) is 19.0 Å². The van der Waals surface area contributed by atoms with Gasteiger partial charge in [0.15, 0.2) is 0 Å². The van der Waals surface area contributed by atoms with E-state index in [1.165, 1.54) is 80.4 Å². The van der Waals surface area contributed by atoms with Crippen molar-refractivity contribution in [1.29, 1.82) is 0 Å². The Morgan fingerprint density at radius 3 is 1.80 bits per heavy atom. The third-order valence-corrected chi connectivity index (χ3v) is 9.83. The topological polar surface area (TPSA) is 3.24 Å². The smallest absolute Gasteiger partial charge is 0.0812 e. The minimum absolute atomic E-state index is 1.11. The zero-order valence-electron chi connectivity index (χ0n) is 18.0. The first-order valence-corrected chi connectivity index (χ1v) is 14.7. The van der Waals surface area contributed by atoms with Gasteiger partial charge < -0.3 is 4.90 Å². The molecule has 0 aliphatic heterocycles. The van der Waals surface area contributed by atoms with Crippen molar-refractivity contribution in [3.05, 3.63) is 23.3 Å². The third-order valence-electron chi connectivity index (χ3n) is 5.12. The fourth-order valence-corrected chi connectivity index (χ4v) is 7.13. The number of hydrogen-bond acceptors (Lipinski definition) is 2. The molecule has 0 aliphatic carbocycles. The summed E-state index contributed by atoms with van der Waals surface area (Å²) in [6.45, 7) is 17.1. The van der Waals surface area contributed by atoms with E-state index < -0.39 is 8.07 Å². The normalized spacial score (nSPS) is 11.9. The Labute approximate surface area is 164 Å². The average molecular weight is 384 g/mol. The van der Waals surface area contributed by atoms with Crippen LogP contribution in [0.3, 0.4) is 0 Å². The fourth-order valence-electron chi connectivity index (χ4n) is 3.02. The summed E-state index contributed by atoms with van der Waals surface area (Å²) in [5, 5.41) is 1.38. The van der Waals surface area contributed by atoms with E-state index in [1.54, 1.807) is 0 Å². The van der Waals surface area contributed by atoms with Crippen molar-refractivity contribution in [2.24, 2.45) is 0 Å². The first-order chi connectivity index (χ1) is 11.8. The highest BCUT2D eigenvalue weighted by Gasteiger charge is 2.25. The second-order valence-electron chi connectivity index (χ2n) is 8.37. The second-order valence-corrected chi connectivity index (χ2v) is 14.4. The van der Waals surface area contributed by atoms with Crippen molar-refractivity contribution in [3.63, 3.8) is 0 Å². The summed E-state index contributed by atoms with van der Waals surface area (Å²) in [6, 6.07) is 1.37. The molecule has 0 saturated carbocycles. The van der Waals surface area contributed by atoms with Crippen molar-refractivity contribution in [3.8, 4) is 0 Å². The van der Waals surface area contributed by atoms with E-state index >= 15 is 0 Å². The van der Waals surface area contributed by atoms with Gasteiger partial charge >= 0.3 is 0 Å². The predicted molar refractivity (Wildman–Crippen MR) is 123 cm³/mol. The van der Waals surface area contributed by atoms with Gasteiger partial charge in [0.1, 0.15) is 0 Å². The number of hydrogen-bond donors (Lipinski definition) is 0.